The summed E-state index contributed by atoms with van der Waals surface area (Å²) in [5, 5.41) is 9.97. The van der Waals surface area contributed by atoms with Gasteiger partial charge in [0.15, 0.2) is 11.5 Å². The van der Waals surface area contributed by atoms with E-state index in [1.807, 2.05) is 62.3 Å². The first-order chi connectivity index (χ1) is 18.5. The molecule has 0 amide bonds. The number of carbonyl (C=O) groups excluding carboxylic acids is 3. The number of hydrogen-bond acceptors (Lipinski definition) is 10. The fourth-order valence-corrected chi connectivity index (χ4v) is 3.47. The first-order valence-corrected chi connectivity index (χ1v) is 13.5. The van der Waals surface area contributed by atoms with Crippen molar-refractivity contribution >= 4 is 24.2 Å². The topological polar surface area (TPSA) is 161 Å². The van der Waals surface area contributed by atoms with Crippen LogP contribution in [0.15, 0.2) is 18.2 Å². The lowest BCUT2D eigenvalue weighted by Crippen LogP contribution is -2.52. The van der Waals surface area contributed by atoms with E-state index >= 15 is 0 Å². The molecular weight excluding hydrogens is 534 g/mol. The van der Waals surface area contributed by atoms with Crippen molar-refractivity contribution in [3.63, 3.8) is 0 Å². The van der Waals surface area contributed by atoms with Crippen LogP contribution in [0.25, 0.3) is 0 Å². The largest absolute Gasteiger partial charge is 0.513 e. The molecule has 0 saturated carbocycles. The number of nitrogens with two attached hydrogens (primary N) is 1. The highest BCUT2D eigenvalue weighted by Gasteiger charge is 2.37. The fourth-order valence-electron chi connectivity index (χ4n) is 3.47. The Bertz CT molecular complexity index is 1080. The van der Waals surface area contributed by atoms with Gasteiger partial charge in [0.2, 0.25) is 0 Å². The van der Waals surface area contributed by atoms with Gasteiger partial charge in [0.1, 0.15) is 11.6 Å². The summed E-state index contributed by atoms with van der Waals surface area (Å²) in [5.74, 6) is -2.09. The summed E-state index contributed by atoms with van der Waals surface area (Å²) >= 11 is 0. The number of rotatable bonds is 11. The van der Waals surface area contributed by atoms with E-state index in [2.05, 4.69) is 0 Å². The van der Waals surface area contributed by atoms with E-state index in [1.54, 1.807) is 6.92 Å². The van der Waals surface area contributed by atoms with Gasteiger partial charge in [-0.05, 0) is 40.9 Å². The summed E-state index contributed by atoms with van der Waals surface area (Å²) in [6, 6.07) is 4.17. The zero-order valence-electron chi connectivity index (χ0n) is 26.0. The van der Waals surface area contributed by atoms with Gasteiger partial charge < -0.3 is 34.5 Å². The first-order valence-electron chi connectivity index (χ1n) is 13.5. The smallest absolute Gasteiger partial charge is 0.480 e. The Morgan fingerprint density at radius 1 is 0.805 bits per heavy atom. The average Bonchev–Trinajstić information content (AvgIpc) is 2.75. The van der Waals surface area contributed by atoms with Crippen molar-refractivity contribution < 1.29 is 48.0 Å². The second-order valence-corrected chi connectivity index (χ2v) is 14.1. The number of carboxylic acids is 1. The third kappa shape index (κ3) is 14.7. The molecular formula is C30H47NO10. The van der Waals surface area contributed by atoms with Gasteiger partial charge in [-0.15, -0.1) is 0 Å². The highest BCUT2D eigenvalue weighted by atomic mass is 16.7. The zero-order valence-corrected chi connectivity index (χ0v) is 26.0. The average molecular weight is 582 g/mol. The molecule has 41 heavy (non-hydrogen) atoms. The van der Waals surface area contributed by atoms with Gasteiger partial charge >= 0.3 is 24.2 Å². The maximum atomic E-state index is 12.4. The molecule has 11 nitrogen and oxygen atoms in total. The van der Waals surface area contributed by atoms with Crippen LogP contribution < -0.4 is 15.2 Å². The van der Waals surface area contributed by atoms with Gasteiger partial charge in [0, 0.05) is 12.8 Å². The van der Waals surface area contributed by atoms with Crippen LogP contribution in [0.1, 0.15) is 87.6 Å². The van der Waals surface area contributed by atoms with Crippen LogP contribution in [0.3, 0.4) is 0 Å². The Kier molecular flexibility index (Phi) is 12.2. The van der Waals surface area contributed by atoms with Crippen molar-refractivity contribution in [2.45, 2.75) is 100 Å². The molecule has 0 aliphatic carbocycles. The van der Waals surface area contributed by atoms with Crippen LogP contribution in [0, 0.1) is 16.2 Å². The van der Waals surface area contributed by atoms with Crippen LogP contribution in [0.4, 0.5) is 9.59 Å². The number of esters is 1. The molecule has 0 heterocycles. The highest BCUT2D eigenvalue weighted by Crippen LogP contribution is 2.32. The fraction of sp³-hybridized carbons (Fsp3) is 0.667. The predicted octanol–water partition coefficient (Wildman–Crippen LogP) is 5.89. The first kappa shape index (κ1) is 35.7. The van der Waals surface area contributed by atoms with Crippen molar-refractivity contribution in [1.29, 1.82) is 0 Å². The second kappa shape index (κ2) is 14.0. The molecule has 0 saturated heterocycles. The Labute approximate surface area is 243 Å². The van der Waals surface area contributed by atoms with Crippen molar-refractivity contribution in [2.75, 3.05) is 13.2 Å². The number of carboxylic acid groups (broad SMARTS) is 1. The lowest BCUT2D eigenvalue weighted by atomic mass is 9.86. The lowest BCUT2D eigenvalue weighted by Gasteiger charge is -2.28. The van der Waals surface area contributed by atoms with Crippen molar-refractivity contribution in [2.24, 2.45) is 22.0 Å². The minimum atomic E-state index is -1.83. The summed E-state index contributed by atoms with van der Waals surface area (Å²) in [6.07, 6.45) is -3.07. The molecule has 0 aliphatic rings. The monoisotopic (exact) mass is 581 g/mol. The summed E-state index contributed by atoms with van der Waals surface area (Å²) in [7, 11) is 0. The van der Waals surface area contributed by atoms with Gasteiger partial charge in [-0.2, -0.15) is 0 Å². The molecule has 232 valence electrons. The van der Waals surface area contributed by atoms with Crippen LogP contribution in [-0.4, -0.2) is 54.2 Å². The van der Waals surface area contributed by atoms with E-state index in [0.717, 1.165) is 0 Å². The predicted molar refractivity (Wildman–Crippen MR) is 152 cm³/mol. The van der Waals surface area contributed by atoms with E-state index in [4.69, 9.17) is 29.4 Å². The molecule has 1 unspecified atom stereocenters. The number of benzene rings is 1. The van der Waals surface area contributed by atoms with E-state index in [0.29, 0.717) is 5.56 Å². The molecule has 1 rings (SSSR count). The molecule has 0 bridgehead atoms. The molecule has 0 radical (unpaired) electrons. The Morgan fingerprint density at radius 2 is 1.29 bits per heavy atom. The molecule has 11 heteroatoms. The normalized spacial score (nSPS) is 14.3. The molecule has 2 atom stereocenters. The SMILES string of the molecule is C[C@@H](CC(N)(Cc1ccc(OC(=O)OCC(C)(C)C)c(OC(=O)OCC(C)(C)C)c1)C(=O)O)OC(=O)CC(C)(C)C. The Hall–Kier alpha value is -3.34. The summed E-state index contributed by atoms with van der Waals surface area (Å²) in [4.78, 5) is 49.2. The van der Waals surface area contributed by atoms with Crippen LogP contribution >= 0.6 is 0 Å². The van der Waals surface area contributed by atoms with E-state index in [-0.39, 0.29) is 60.2 Å². The maximum Gasteiger partial charge on any atom is 0.513 e. The summed E-state index contributed by atoms with van der Waals surface area (Å²) in [6.45, 7) is 18.6. The van der Waals surface area contributed by atoms with Crippen LogP contribution in [-0.2, 0) is 30.2 Å². The van der Waals surface area contributed by atoms with Gasteiger partial charge in [-0.3, -0.25) is 9.59 Å². The number of aliphatic carboxylic acids is 1. The molecule has 1 aromatic carbocycles. The van der Waals surface area contributed by atoms with Gasteiger partial charge in [0.05, 0.1) is 19.6 Å². The van der Waals surface area contributed by atoms with E-state index < -0.39 is 35.9 Å². The second-order valence-electron chi connectivity index (χ2n) is 14.1. The molecule has 0 aliphatic heterocycles. The Morgan fingerprint density at radius 3 is 1.73 bits per heavy atom. The summed E-state index contributed by atoms with van der Waals surface area (Å²) < 4.78 is 26.3. The molecule has 0 spiro atoms. The third-order valence-electron chi connectivity index (χ3n) is 5.25. The van der Waals surface area contributed by atoms with Crippen molar-refractivity contribution in [3.05, 3.63) is 23.8 Å². The van der Waals surface area contributed by atoms with Gasteiger partial charge in [0.25, 0.3) is 0 Å². The van der Waals surface area contributed by atoms with Crippen molar-refractivity contribution in [1.82, 2.24) is 0 Å². The van der Waals surface area contributed by atoms with Gasteiger partial charge in [-0.1, -0.05) is 68.4 Å². The Balaban J connectivity index is 3.20. The number of carbonyl (C=O) groups is 4. The summed E-state index contributed by atoms with van der Waals surface area (Å²) in [5.41, 5.74) is 3.89. The number of ether oxygens (including phenoxy) is 5. The van der Waals surface area contributed by atoms with Gasteiger partial charge in [-0.25, -0.2) is 9.59 Å². The van der Waals surface area contributed by atoms with Crippen LogP contribution in [0.5, 0.6) is 11.5 Å². The van der Waals surface area contributed by atoms with Crippen molar-refractivity contribution in [3.8, 4) is 11.5 Å². The van der Waals surface area contributed by atoms with E-state index in [9.17, 15) is 24.3 Å². The third-order valence-corrected chi connectivity index (χ3v) is 5.25. The maximum absolute atomic E-state index is 12.4. The lowest BCUT2D eigenvalue weighted by molar-refractivity contribution is -0.154. The standard InChI is InChI=1S/C30H47NO10/c1-19(39-23(32)16-27(2,3)4)14-30(31,24(33)34)15-20-11-12-21(40-25(35)37-17-28(5,6)7)22(13-20)41-26(36)38-18-29(8,9)10/h11-13,19H,14-18,31H2,1-10H3,(H,33,34)/t19-,30?/m0/s1. The minimum absolute atomic E-state index is 0.0616. The molecule has 0 fully saturated rings. The molecule has 3 N–H and O–H groups in total. The minimum Gasteiger partial charge on any atom is -0.480 e. The quantitative estimate of drug-likeness (QED) is 0.182. The van der Waals surface area contributed by atoms with E-state index in [1.165, 1.54) is 18.2 Å². The highest BCUT2D eigenvalue weighted by molar-refractivity contribution is 5.79. The number of hydrogen-bond donors (Lipinski definition) is 2. The zero-order chi connectivity index (χ0) is 31.8. The van der Waals surface area contributed by atoms with Crippen LogP contribution in [0.2, 0.25) is 0 Å². The molecule has 0 aromatic heterocycles. The molecule has 1 aromatic rings.